The Bertz CT molecular complexity index is 542. The van der Waals surface area contributed by atoms with E-state index in [4.69, 9.17) is 5.26 Å². The van der Waals surface area contributed by atoms with Gasteiger partial charge in [-0.1, -0.05) is 12.5 Å². The van der Waals surface area contributed by atoms with E-state index in [9.17, 15) is 10.1 Å². The number of para-hydroxylation sites is 1. The first kappa shape index (κ1) is 14.7. The quantitative estimate of drug-likeness (QED) is 0.678. The Kier molecular flexibility index (Phi) is 4.85. The minimum Gasteiger partial charge on any atom is -0.377 e. The molecule has 6 heteroatoms. The Balaban J connectivity index is 2.21. The van der Waals surface area contributed by atoms with Crippen LogP contribution in [0.2, 0.25) is 0 Å². The molecule has 1 aliphatic rings. The highest BCUT2D eigenvalue weighted by Crippen LogP contribution is 2.33. The number of rotatable bonds is 4. The van der Waals surface area contributed by atoms with Crippen molar-refractivity contribution in [2.45, 2.75) is 37.0 Å². The van der Waals surface area contributed by atoms with Gasteiger partial charge in [0.25, 0.3) is 0 Å². The minimum absolute atomic E-state index is 0.109. The standard InChI is InChI=1S/C14H17N3O2S/c1-20-12-6-3-5-11(8-12)16-13-7-2-4-10(9-15)14(13)17(18)19/h2,4,7,11-12,16H,3,5-6,8H2,1H3. The summed E-state index contributed by atoms with van der Waals surface area (Å²) in [5, 5.41) is 24.0. The van der Waals surface area contributed by atoms with E-state index in [0.717, 1.165) is 19.3 Å². The number of nitrogens with one attached hydrogen (secondary N) is 1. The topological polar surface area (TPSA) is 79.0 Å². The molecule has 2 rings (SSSR count). The lowest BCUT2D eigenvalue weighted by Gasteiger charge is -2.29. The number of nitro benzene ring substituents is 1. The second-order valence-electron chi connectivity index (χ2n) is 4.94. The molecule has 1 saturated carbocycles. The van der Waals surface area contributed by atoms with E-state index in [-0.39, 0.29) is 17.3 Å². The fourth-order valence-corrected chi connectivity index (χ4v) is 3.48. The Morgan fingerprint density at radius 3 is 2.95 bits per heavy atom. The second-order valence-corrected chi connectivity index (χ2v) is 6.07. The molecular formula is C14H17N3O2S. The monoisotopic (exact) mass is 291 g/mol. The summed E-state index contributed by atoms with van der Waals surface area (Å²) in [4.78, 5) is 10.7. The number of hydrogen-bond acceptors (Lipinski definition) is 5. The van der Waals surface area contributed by atoms with Crippen LogP contribution in [0.4, 0.5) is 11.4 Å². The zero-order valence-electron chi connectivity index (χ0n) is 11.3. The summed E-state index contributed by atoms with van der Waals surface area (Å²) < 4.78 is 0. The molecule has 1 fully saturated rings. The van der Waals surface area contributed by atoms with Crippen molar-refractivity contribution >= 4 is 23.1 Å². The van der Waals surface area contributed by atoms with E-state index in [1.807, 2.05) is 17.8 Å². The molecule has 106 valence electrons. The Morgan fingerprint density at radius 2 is 2.30 bits per heavy atom. The molecule has 0 spiro atoms. The fraction of sp³-hybridized carbons (Fsp3) is 0.500. The van der Waals surface area contributed by atoms with Crippen LogP contribution in [0.1, 0.15) is 31.2 Å². The van der Waals surface area contributed by atoms with Gasteiger partial charge >= 0.3 is 5.69 Å². The number of nitriles is 1. The largest absolute Gasteiger partial charge is 0.377 e. The number of nitro groups is 1. The van der Waals surface area contributed by atoms with Gasteiger partial charge < -0.3 is 5.32 Å². The maximum absolute atomic E-state index is 11.2. The van der Waals surface area contributed by atoms with Gasteiger partial charge in [-0.2, -0.15) is 17.0 Å². The van der Waals surface area contributed by atoms with Crippen molar-refractivity contribution in [3.63, 3.8) is 0 Å². The number of anilines is 1. The normalized spacial score (nSPS) is 22.0. The summed E-state index contributed by atoms with van der Waals surface area (Å²) in [6.45, 7) is 0. The van der Waals surface area contributed by atoms with Crippen molar-refractivity contribution in [3.05, 3.63) is 33.9 Å². The predicted octanol–water partition coefficient (Wildman–Crippen LogP) is 3.55. The lowest BCUT2D eigenvalue weighted by atomic mass is 9.94. The minimum atomic E-state index is -0.476. The Labute approximate surface area is 122 Å². The van der Waals surface area contributed by atoms with Gasteiger partial charge in [0.2, 0.25) is 0 Å². The molecule has 5 nitrogen and oxygen atoms in total. The van der Waals surface area contributed by atoms with Gasteiger partial charge in [0.05, 0.1) is 4.92 Å². The molecule has 0 aliphatic heterocycles. The van der Waals surface area contributed by atoms with Crippen LogP contribution in [0.5, 0.6) is 0 Å². The van der Waals surface area contributed by atoms with Crippen LogP contribution in [0, 0.1) is 21.4 Å². The van der Waals surface area contributed by atoms with Crippen LogP contribution in [0.15, 0.2) is 18.2 Å². The molecule has 20 heavy (non-hydrogen) atoms. The van der Waals surface area contributed by atoms with E-state index in [0.29, 0.717) is 10.9 Å². The first-order valence-electron chi connectivity index (χ1n) is 6.62. The number of hydrogen-bond donors (Lipinski definition) is 1. The van der Waals surface area contributed by atoms with Gasteiger partial charge in [0.1, 0.15) is 17.3 Å². The summed E-state index contributed by atoms with van der Waals surface area (Å²) in [6.07, 6.45) is 6.47. The summed E-state index contributed by atoms with van der Waals surface area (Å²) in [6, 6.07) is 6.98. The van der Waals surface area contributed by atoms with Crippen LogP contribution >= 0.6 is 11.8 Å². The number of benzene rings is 1. The first-order chi connectivity index (χ1) is 9.65. The number of thioether (sulfide) groups is 1. The highest BCUT2D eigenvalue weighted by atomic mass is 32.2. The molecule has 1 aromatic carbocycles. The van der Waals surface area contributed by atoms with Gasteiger partial charge in [0, 0.05) is 11.3 Å². The maximum Gasteiger partial charge on any atom is 0.309 e. The Morgan fingerprint density at radius 1 is 1.50 bits per heavy atom. The van der Waals surface area contributed by atoms with Crippen molar-refractivity contribution in [2.75, 3.05) is 11.6 Å². The van der Waals surface area contributed by atoms with E-state index >= 15 is 0 Å². The molecule has 2 atom stereocenters. The van der Waals surface area contributed by atoms with Crippen molar-refractivity contribution in [1.29, 1.82) is 5.26 Å². The molecule has 0 aromatic heterocycles. The summed E-state index contributed by atoms with van der Waals surface area (Å²) in [5.41, 5.74) is 0.458. The van der Waals surface area contributed by atoms with Gasteiger partial charge in [-0.15, -0.1) is 0 Å². The van der Waals surface area contributed by atoms with Crippen LogP contribution in [0.3, 0.4) is 0 Å². The average molecular weight is 291 g/mol. The van der Waals surface area contributed by atoms with Crippen molar-refractivity contribution in [1.82, 2.24) is 0 Å². The second kappa shape index (κ2) is 6.62. The molecule has 0 heterocycles. The third-order valence-corrected chi connectivity index (χ3v) is 4.75. The molecule has 0 saturated heterocycles. The fourth-order valence-electron chi connectivity index (χ4n) is 2.66. The van der Waals surface area contributed by atoms with Crippen molar-refractivity contribution < 1.29 is 4.92 Å². The third-order valence-electron chi connectivity index (χ3n) is 3.66. The average Bonchev–Trinajstić information content (AvgIpc) is 2.46. The molecule has 0 amide bonds. The SMILES string of the molecule is CSC1CCCC(Nc2cccc(C#N)c2[N+](=O)[O-])C1. The van der Waals surface area contributed by atoms with Crippen molar-refractivity contribution in [3.8, 4) is 6.07 Å². The summed E-state index contributed by atoms with van der Waals surface area (Å²) in [7, 11) is 0. The zero-order valence-corrected chi connectivity index (χ0v) is 12.2. The molecule has 0 bridgehead atoms. The van der Waals surface area contributed by atoms with Crippen LogP contribution < -0.4 is 5.32 Å². The molecular weight excluding hydrogens is 274 g/mol. The van der Waals surface area contributed by atoms with Crippen LogP contribution in [-0.2, 0) is 0 Å². The smallest absolute Gasteiger partial charge is 0.309 e. The highest BCUT2D eigenvalue weighted by molar-refractivity contribution is 7.99. The number of nitrogens with zero attached hydrogens (tertiary/aromatic N) is 2. The third kappa shape index (κ3) is 3.23. The van der Waals surface area contributed by atoms with E-state index in [2.05, 4.69) is 11.6 Å². The molecule has 1 N–H and O–H groups in total. The van der Waals surface area contributed by atoms with Gasteiger partial charge in [-0.25, -0.2) is 0 Å². The van der Waals surface area contributed by atoms with E-state index < -0.39 is 4.92 Å². The molecule has 2 unspecified atom stereocenters. The zero-order chi connectivity index (χ0) is 14.5. The van der Waals surface area contributed by atoms with Gasteiger partial charge in [0.15, 0.2) is 0 Å². The Hall–Kier alpha value is -1.74. The lowest BCUT2D eigenvalue weighted by Crippen LogP contribution is -2.28. The molecule has 1 aliphatic carbocycles. The predicted molar refractivity (Wildman–Crippen MR) is 81.0 cm³/mol. The molecule has 0 radical (unpaired) electrons. The molecule has 1 aromatic rings. The highest BCUT2D eigenvalue weighted by Gasteiger charge is 2.25. The van der Waals surface area contributed by atoms with Crippen LogP contribution in [-0.4, -0.2) is 22.5 Å². The van der Waals surface area contributed by atoms with E-state index in [1.54, 1.807) is 12.1 Å². The first-order valence-corrected chi connectivity index (χ1v) is 7.91. The van der Waals surface area contributed by atoms with E-state index in [1.165, 1.54) is 12.5 Å². The van der Waals surface area contributed by atoms with Gasteiger partial charge in [-0.3, -0.25) is 10.1 Å². The lowest BCUT2D eigenvalue weighted by molar-refractivity contribution is -0.384. The maximum atomic E-state index is 11.2. The van der Waals surface area contributed by atoms with Crippen LogP contribution in [0.25, 0.3) is 0 Å². The summed E-state index contributed by atoms with van der Waals surface area (Å²) >= 11 is 1.85. The summed E-state index contributed by atoms with van der Waals surface area (Å²) in [5.74, 6) is 0. The van der Waals surface area contributed by atoms with Crippen molar-refractivity contribution in [2.24, 2.45) is 0 Å². The van der Waals surface area contributed by atoms with Gasteiger partial charge in [-0.05, 0) is 37.7 Å².